The van der Waals surface area contributed by atoms with Gasteiger partial charge < -0.3 is 20.1 Å². The maximum atomic E-state index is 13.1. The zero-order valence-corrected chi connectivity index (χ0v) is 15.4. The fourth-order valence-electron chi connectivity index (χ4n) is 3.28. The molecule has 1 saturated heterocycles. The van der Waals surface area contributed by atoms with Crippen LogP contribution in [0.15, 0.2) is 30.3 Å². The van der Waals surface area contributed by atoms with Gasteiger partial charge in [0, 0.05) is 6.92 Å². The summed E-state index contributed by atoms with van der Waals surface area (Å²) in [6.45, 7) is 3.53. The third-order valence-electron chi connectivity index (χ3n) is 4.59. The zero-order chi connectivity index (χ0) is 19.2. The van der Waals surface area contributed by atoms with E-state index in [2.05, 4.69) is 10.6 Å². The van der Waals surface area contributed by atoms with Crippen LogP contribution in [0.1, 0.15) is 32.3 Å². The number of rotatable bonds is 7. The quantitative estimate of drug-likeness (QED) is 0.702. The average molecular weight is 362 g/mol. The van der Waals surface area contributed by atoms with Gasteiger partial charge in [0.25, 0.3) is 0 Å². The highest BCUT2D eigenvalue weighted by atomic mass is 16.6. The second-order valence-corrected chi connectivity index (χ2v) is 6.56. The van der Waals surface area contributed by atoms with E-state index in [1.54, 1.807) is 6.92 Å². The van der Waals surface area contributed by atoms with Gasteiger partial charge in [-0.1, -0.05) is 30.3 Å². The highest BCUT2D eigenvalue weighted by molar-refractivity contribution is 5.91. The van der Waals surface area contributed by atoms with E-state index >= 15 is 0 Å². The number of carbonyl (C=O) groups is 3. The van der Waals surface area contributed by atoms with Crippen LogP contribution in [0.2, 0.25) is 0 Å². The molecule has 2 N–H and O–H groups in total. The van der Waals surface area contributed by atoms with Gasteiger partial charge >= 0.3 is 11.9 Å². The van der Waals surface area contributed by atoms with Gasteiger partial charge in [-0.05, 0) is 38.3 Å². The number of amides is 1. The summed E-state index contributed by atoms with van der Waals surface area (Å²) in [4.78, 5) is 36.4. The van der Waals surface area contributed by atoms with Crippen molar-refractivity contribution in [3.8, 4) is 0 Å². The molecule has 7 heteroatoms. The van der Waals surface area contributed by atoms with Crippen molar-refractivity contribution in [1.29, 1.82) is 0 Å². The molecule has 142 valence electrons. The summed E-state index contributed by atoms with van der Waals surface area (Å²) in [5.41, 5.74) is 0.225. The Balaban J connectivity index is 2.18. The van der Waals surface area contributed by atoms with Crippen LogP contribution in [0.25, 0.3) is 0 Å². The maximum Gasteiger partial charge on any atom is 0.332 e. The summed E-state index contributed by atoms with van der Waals surface area (Å²) >= 11 is 0. The normalized spacial score (nSPS) is 21.5. The molecule has 0 bridgehead atoms. The van der Waals surface area contributed by atoms with Gasteiger partial charge in [-0.3, -0.25) is 9.59 Å². The van der Waals surface area contributed by atoms with Crippen LogP contribution in [-0.2, 0) is 30.3 Å². The second-order valence-electron chi connectivity index (χ2n) is 6.56. The number of esters is 2. The van der Waals surface area contributed by atoms with Crippen molar-refractivity contribution in [1.82, 2.24) is 10.6 Å². The molecule has 0 radical (unpaired) electrons. The van der Waals surface area contributed by atoms with Gasteiger partial charge in [-0.25, -0.2) is 4.79 Å². The molecule has 0 saturated carbocycles. The lowest BCUT2D eigenvalue weighted by Crippen LogP contribution is -2.60. The molecule has 1 aromatic carbocycles. The minimum atomic E-state index is -1.06. The predicted molar refractivity (Wildman–Crippen MR) is 95.3 cm³/mol. The molecule has 0 unspecified atom stereocenters. The van der Waals surface area contributed by atoms with Crippen molar-refractivity contribution in [2.24, 2.45) is 0 Å². The first kappa shape index (κ1) is 19.9. The Bertz CT molecular complexity index is 641. The topological polar surface area (TPSA) is 93.7 Å². The summed E-state index contributed by atoms with van der Waals surface area (Å²) in [6, 6.07) is 8.65. The van der Waals surface area contributed by atoms with Gasteiger partial charge in [0.15, 0.2) is 6.04 Å². The van der Waals surface area contributed by atoms with E-state index < -0.39 is 29.6 Å². The summed E-state index contributed by atoms with van der Waals surface area (Å²) in [5, 5.41) is 6.01. The van der Waals surface area contributed by atoms with Gasteiger partial charge in [0.1, 0.15) is 11.6 Å². The Labute approximate surface area is 153 Å². The Morgan fingerprint density at radius 2 is 1.96 bits per heavy atom. The fraction of sp³-hybridized carbons (Fsp3) is 0.526. The van der Waals surface area contributed by atoms with Crippen LogP contribution in [0.4, 0.5) is 0 Å². The van der Waals surface area contributed by atoms with E-state index in [0.717, 1.165) is 18.5 Å². The molecular weight excluding hydrogens is 336 g/mol. The molecule has 1 aromatic rings. The number of benzene rings is 1. The monoisotopic (exact) mass is 362 g/mol. The first-order chi connectivity index (χ1) is 12.4. The number of ether oxygens (including phenoxy) is 2. The fourth-order valence-corrected chi connectivity index (χ4v) is 3.28. The van der Waals surface area contributed by atoms with Crippen LogP contribution in [-0.4, -0.2) is 49.2 Å². The molecule has 0 aliphatic carbocycles. The molecule has 1 amide bonds. The van der Waals surface area contributed by atoms with Crippen molar-refractivity contribution < 1.29 is 23.9 Å². The molecule has 1 aliphatic rings. The highest BCUT2D eigenvalue weighted by Gasteiger charge is 2.43. The lowest BCUT2D eigenvalue weighted by molar-refractivity contribution is -0.156. The first-order valence-electron chi connectivity index (χ1n) is 8.73. The molecule has 2 rings (SSSR count). The smallest absolute Gasteiger partial charge is 0.332 e. The van der Waals surface area contributed by atoms with E-state index in [-0.39, 0.29) is 5.91 Å². The van der Waals surface area contributed by atoms with E-state index in [1.807, 2.05) is 30.3 Å². The number of carbonyl (C=O) groups excluding carboxylic acids is 3. The molecule has 1 heterocycles. The van der Waals surface area contributed by atoms with Gasteiger partial charge in [-0.2, -0.15) is 0 Å². The van der Waals surface area contributed by atoms with E-state index in [1.165, 1.54) is 14.0 Å². The molecule has 0 aromatic heterocycles. The van der Waals surface area contributed by atoms with Gasteiger partial charge in [-0.15, -0.1) is 0 Å². The first-order valence-corrected chi connectivity index (χ1v) is 8.73. The molecular formula is C19H26N2O5. The minimum Gasteiger partial charge on any atom is -0.467 e. The van der Waals surface area contributed by atoms with Crippen LogP contribution in [0.5, 0.6) is 0 Å². The standard InChI is InChI=1S/C19H26N2O5/c1-13(26-14(2)22)16(17(23)25-3)21-18(24)19(10-7-11-20-19)12-15-8-5-4-6-9-15/h4-6,8-9,13,16,20H,7,10-12H2,1-3H3,(H,21,24)/t13-,16+,19-/m1/s1. The van der Waals surface area contributed by atoms with Crippen molar-refractivity contribution >= 4 is 17.8 Å². The largest absolute Gasteiger partial charge is 0.467 e. The van der Waals surface area contributed by atoms with Crippen molar-refractivity contribution in [2.45, 2.75) is 50.8 Å². The van der Waals surface area contributed by atoms with Crippen molar-refractivity contribution in [3.05, 3.63) is 35.9 Å². The number of nitrogens with one attached hydrogen (secondary N) is 2. The molecule has 0 spiro atoms. The Morgan fingerprint density at radius 3 is 2.50 bits per heavy atom. The van der Waals surface area contributed by atoms with Crippen LogP contribution < -0.4 is 10.6 Å². The number of hydrogen-bond acceptors (Lipinski definition) is 6. The van der Waals surface area contributed by atoms with E-state index in [0.29, 0.717) is 12.8 Å². The van der Waals surface area contributed by atoms with E-state index in [9.17, 15) is 14.4 Å². The van der Waals surface area contributed by atoms with Crippen LogP contribution in [0, 0.1) is 0 Å². The Morgan fingerprint density at radius 1 is 1.27 bits per heavy atom. The minimum absolute atomic E-state index is 0.298. The molecule has 3 atom stereocenters. The van der Waals surface area contributed by atoms with Gasteiger partial charge in [0.2, 0.25) is 5.91 Å². The number of methoxy groups -OCH3 is 1. The molecule has 26 heavy (non-hydrogen) atoms. The lowest BCUT2D eigenvalue weighted by atomic mass is 9.88. The molecule has 7 nitrogen and oxygen atoms in total. The summed E-state index contributed by atoms with van der Waals surface area (Å²) in [5.74, 6) is -1.48. The van der Waals surface area contributed by atoms with Crippen LogP contribution in [0.3, 0.4) is 0 Å². The highest BCUT2D eigenvalue weighted by Crippen LogP contribution is 2.25. The summed E-state index contributed by atoms with van der Waals surface area (Å²) < 4.78 is 9.84. The average Bonchev–Trinajstić information content (AvgIpc) is 3.08. The Hall–Kier alpha value is -2.41. The SMILES string of the molecule is COC(=O)[C@@H](NC(=O)[C@]1(Cc2ccccc2)CCCN1)[C@@H](C)OC(C)=O. The van der Waals surface area contributed by atoms with Crippen molar-refractivity contribution in [3.63, 3.8) is 0 Å². The third-order valence-corrected chi connectivity index (χ3v) is 4.59. The van der Waals surface area contributed by atoms with E-state index in [4.69, 9.17) is 9.47 Å². The Kier molecular flexibility index (Phi) is 6.74. The third kappa shape index (κ3) is 4.82. The van der Waals surface area contributed by atoms with Gasteiger partial charge in [0.05, 0.1) is 7.11 Å². The number of hydrogen-bond donors (Lipinski definition) is 2. The second kappa shape index (κ2) is 8.80. The lowest BCUT2D eigenvalue weighted by Gasteiger charge is -2.31. The summed E-state index contributed by atoms with van der Waals surface area (Å²) in [6.07, 6.45) is 1.20. The molecule has 1 aliphatic heterocycles. The van der Waals surface area contributed by atoms with Crippen molar-refractivity contribution in [2.75, 3.05) is 13.7 Å². The summed E-state index contributed by atoms with van der Waals surface area (Å²) in [7, 11) is 1.23. The molecule has 1 fully saturated rings. The maximum absolute atomic E-state index is 13.1. The predicted octanol–water partition coefficient (Wildman–Crippen LogP) is 0.961. The zero-order valence-electron chi connectivity index (χ0n) is 15.4. The van der Waals surface area contributed by atoms with Crippen LogP contribution >= 0.6 is 0 Å².